The van der Waals surface area contributed by atoms with Gasteiger partial charge in [-0.2, -0.15) is 5.10 Å². The van der Waals surface area contributed by atoms with Gasteiger partial charge in [0.2, 0.25) is 11.8 Å². The Morgan fingerprint density at radius 1 is 1.45 bits per heavy atom. The van der Waals surface area contributed by atoms with Crippen LogP contribution >= 0.6 is 23.4 Å². The molecule has 0 saturated carbocycles. The topological polar surface area (TPSA) is 76.5 Å². The Labute approximate surface area is 179 Å². The summed E-state index contributed by atoms with van der Waals surface area (Å²) >= 11 is 8.17. The molecule has 29 heavy (non-hydrogen) atoms. The average molecular weight is 437 g/mol. The molecule has 3 rings (SSSR count). The zero-order valence-corrected chi connectivity index (χ0v) is 18.3. The lowest BCUT2D eigenvalue weighted by atomic mass is 10.2. The fraction of sp³-hybridized carbons (Fsp3) is 0.450. The van der Waals surface area contributed by atoms with Gasteiger partial charge in [-0.15, -0.1) is 11.8 Å². The second-order valence-electron chi connectivity index (χ2n) is 6.88. The summed E-state index contributed by atoms with van der Waals surface area (Å²) in [6.07, 6.45) is 1.21. The molecule has 7 nitrogen and oxygen atoms in total. The van der Waals surface area contributed by atoms with Crippen LogP contribution in [-0.4, -0.2) is 45.4 Å². The second kappa shape index (κ2) is 9.54. The number of halogens is 1. The summed E-state index contributed by atoms with van der Waals surface area (Å²) in [7, 11) is 1.81. The number of amides is 2. The third kappa shape index (κ3) is 5.25. The molecule has 1 saturated heterocycles. The summed E-state index contributed by atoms with van der Waals surface area (Å²) in [6.45, 7) is 4.43. The third-order valence-electron chi connectivity index (χ3n) is 4.60. The molecule has 2 amide bonds. The van der Waals surface area contributed by atoms with Gasteiger partial charge >= 0.3 is 0 Å². The van der Waals surface area contributed by atoms with E-state index < -0.39 is 0 Å². The van der Waals surface area contributed by atoms with Crippen molar-refractivity contribution in [3.63, 3.8) is 0 Å². The molecule has 1 N–H and O–H groups in total. The van der Waals surface area contributed by atoms with Gasteiger partial charge in [0.15, 0.2) is 0 Å². The molecule has 0 radical (unpaired) electrons. The number of hydrogen-bond acceptors (Lipinski definition) is 5. The first-order valence-electron chi connectivity index (χ1n) is 9.47. The number of nitrogens with one attached hydrogen (secondary N) is 1. The van der Waals surface area contributed by atoms with Crippen LogP contribution in [0.4, 0.5) is 5.69 Å². The van der Waals surface area contributed by atoms with Crippen LogP contribution in [0.25, 0.3) is 0 Å². The number of carbonyl (C=O) groups is 2. The number of hydrogen-bond donors (Lipinski definition) is 1. The lowest BCUT2D eigenvalue weighted by Crippen LogP contribution is -2.38. The predicted molar refractivity (Wildman–Crippen MR) is 115 cm³/mol. The van der Waals surface area contributed by atoms with Crippen LogP contribution in [0.15, 0.2) is 24.3 Å². The molecule has 156 valence electrons. The van der Waals surface area contributed by atoms with Crippen LogP contribution in [0.2, 0.25) is 5.15 Å². The number of nitrogens with zero attached hydrogens (tertiary/aromatic N) is 3. The van der Waals surface area contributed by atoms with Crippen LogP contribution in [0.5, 0.6) is 5.75 Å². The van der Waals surface area contributed by atoms with Crippen LogP contribution in [0.1, 0.15) is 36.4 Å². The summed E-state index contributed by atoms with van der Waals surface area (Å²) in [4.78, 5) is 25.6. The Bertz CT molecular complexity index is 902. The highest BCUT2D eigenvalue weighted by Crippen LogP contribution is 2.41. The van der Waals surface area contributed by atoms with Gasteiger partial charge in [0.05, 0.1) is 12.3 Å². The second-order valence-corrected chi connectivity index (χ2v) is 8.43. The standard InChI is InChI=1S/C20H25ClN4O3S/c1-13-18(19(21)24(3)23-13)20-25(17(27)8-11-29-20)9-5-10-28-16-7-4-6-15(12-16)22-14(2)26/h4,6-7,12,20H,5,8-11H2,1-3H3,(H,22,26). The molecule has 1 aliphatic rings. The molecule has 2 heterocycles. The van der Waals surface area contributed by atoms with Gasteiger partial charge in [-0.05, 0) is 25.5 Å². The average Bonchev–Trinajstić information content (AvgIpc) is 2.91. The Morgan fingerprint density at radius 2 is 2.24 bits per heavy atom. The molecular formula is C20H25ClN4O3S. The Balaban J connectivity index is 1.61. The summed E-state index contributed by atoms with van der Waals surface area (Å²) in [5.41, 5.74) is 2.45. The molecule has 0 bridgehead atoms. The third-order valence-corrected chi connectivity index (χ3v) is 6.30. The van der Waals surface area contributed by atoms with Gasteiger partial charge in [0, 0.05) is 50.0 Å². The number of thioether (sulfide) groups is 1. The van der Waals surface area contributed by atoms with Gasteiger partial charge in [-0.3, -0.25) is 14.3 Å². The van der Waals surface area contributed by atoms with Gasteiger partial charge in [0.1, 0.15) is 16.3 Å². The van der Waals surface area contributed by atoms with Crippen molar-refractivity contribution < 1.29 is 14.3 Å². The van der Waals surface area contributed by atoms with Crippen LogP contribution in [0.3, 0.4) is 0 Å². The SMILES string of the molecule is CC(=O)Nc1cccc(OCCCN2C(=O)CCSC2c2c(C)nn(C)c2Cl)c1. The first kappa shape index (κ1) is 21.5. The summed E-state index contributed by atoms with van der Waals surface area (Å²) in [5.74, 6) is 1.45. The number of carbonyl (C=O) groups excluding carboxylic acids is 2. The number of ether oxygens (including phenoxy) is 1. The smallest absolute Gasteiger partial charge is 0.224 e. The highest BCUT2D eigenvalue weighted by Gasteiger charge is 2.33. The number of rotatable bonds is 7. The number of benzene rings is 1. The number of anilines is 1. The Kier molecular flexibility index (Phi) is 7.08. The van der Waals surface area contributed by atoms with Crippen LogP contribution < -0.4 is 10.1 Å². The van der Waals surface area contributed by atoms with E-state index in [0.717, 1.165) is 17.0 Å². The molecule has 9 heteroatoms. The van der Waals surface area contributed by atoms with E-state index in [9.17, 15) is 9.59 Å². The van der Waals surface area contributed by atoms with Crippen molar-refractivity contribution in [1.29, 1.82) is 0 Å². The lowest BCUT2D eigenvalue weighted by molar-refractivity contribution is -0.132. The highest BCUT2D eigenvalue weighted by atomic mass is 35.5. The van der Waals surface area contributed by atoms with E-state index in [4.69, 9.17) is 16.3 Å². The van der Waals surface area contributed by atoms with E-state index in [1.165, 1.54) is 6.92 Å². The molecular weight excluding hydrogens is 412 g/mol. The van der Waals surface area contributed by atoms with E-state index in [-0.39, 0.29) is 17.2 Å². The first-order valence-corrected chi connectivity index (χ1v) is 10.9. The van der Waals surface area contributed by atoms with Crippen molar-refractivity contribution in [3.8, 4) is 5.75 Å². The van der Waals surface area contributed by atoms with Gasteiger partial charge < -0.3 is 15.0 Å². The van der Waals surface area contributed by atoms with Gasteiger partial charge in [-0.1, -0.05) is 17.7 Å². The zero-order chi connectivity index (χ0) is 21.0. The van der Waals surface area contributed by atoms with E-state index in [1.54, 1.807) is 29.6 Å². The molecule has 1 aromatic heterocycles. The molecule has 1 aromatic carbocycles. The number of aromatic nitrogens is 2. The van der Waals surface area contributed by atoms with Crippen LogP contribution in [0, 0.1) is 6.92 Å². The minimum atomic E-state index is -0.126. The first-order chi connectivity index (χ1) is 13.9. The maximum atomic E-state index is 12.6. The van der Waals surface area contributed by atoms with E-state index in [2.05, 4.69) is 10.4 Å². The van der Waals surface area contributed by atoms with E-state index >= 15 is 0 Å². The van der Waals surface area contributed by atoms with Gasteiger partial charge in [-0.25, -0.2) is 0 Å². The highest BCUT2D eigenvalue weighted by molar-refractivity contribution is 7.99. The molecule has 0 spiro atoms. The normalized spacial score (nSPS) is 16.8. The lowest BCUT2D eigenvalue weighted by Gasteiger charge is -2.35. The number of aryl methyl sites for hydroxylation is 2. The monoisotopic (exact) mass is 436 g/mol. The maximum Gasteiger partial charge on any atom is 0.224 e. The zero-order valence-electron chi connectivity index (χ0n) is 16.8. The maximum absolute atomic E-state index is 12.6. The molecule has 2 aromatic rings. The van der Waals surface area contributed by atoms with Gasteiger partial charge in [0.25, 0.3) is 0 Å². The summed E-state index contributed by atoms with van der Waals surface area (Å²) in [6, 6.07) is 7.26. The van der Waals surface area contributed by atoms with Crippen molar-refractivity contribution in [2.45, 2.75) is 32.1 Å². The van der Waals surface area contributed by atoms with Crippen molar-refractivity contribution >= 4 is 40.9 Å². The van der Waals surface area contributed by atoms with E-state index in [0.29, 0.717) is 42.6 Å². The summed E-state index contributed by atoms with van der Waals surface area (Å²) < 4.78 is 7.46. The molecule has 1 aliphatic heterocycles. The predicted octanol–water partition coefficient (Wildman–Crippen LogP) is 3.77. The Hall–Kier alpha value is -2.19. The molecule has 0 aliphatic carbocycles. The fourth-order valence-electron chi connectivity index (χ4n) is 3.32. The van der Waals surface area contributed by atoms with Crippen LogP contribution in [-0.2, 0) is 16.6 Å². The van der Waals surface area contributed by atoms with E-state index in [1.807, 2.05) is 30.0 Å². The minimum Gasteiger partial charge on any atom is -0.493 e. The molecule has 1 atom stereocenters. The van der Waals surface area contributed by atoms with Crippen molar-refractivity contribution in [3.05, 3.63) is 40.7 Å². The Morgan fingerprint density at radius 3 is 2.93 bits per heavy atom. The van der Waals surface area contributed by atoms with Crippen molar-refractivity contribution in [2.24, 2.45) is 7.05 Å². The van der Waals surface area contributed by atoms with Crippen molar-refractivity contribution in [1.82, 2.24) is 14.7 Å². The largest absolute Gasteiger partial charge is 0.493 e. The molecule has 1 unspecified atom stereocenters. The quantitative estimate of drug-likeness (QED) is 0.668. The van der Waals surface area contributed by atoms with Crippen molar-refractivity contribution in [2.75, 3.05) is 24.2 Å². The molecule has 1 fully saturated rings. The fourth-order valence-corrected chi connectivity index (χ4v) is 5.03. The summed E-state index contributed by atoms with van der Waals surface area (Å²) in [5, 5.41) is 7.57. The minimum absolute atomic E-state index is 0.124.